The lowest BCUT2D eigenvalue weighted by Crippen LogP contribution is -2.16. The van der Waals surface area contributed by atoms with E-state index in [2.05, 4.69) is 10.3 Å². The smallest absolute Gasteiger partial charge is 0.444 e. The van der Waals surface area contributed by atoms with Crippen LogP contribution in [-0.2, 0) is 9.53 Å². The number of hydrogen-bond acceptors (Lipinski definition) is 4. The summed E-state index contributed by atoms with van der Waals surface area (Å²) in [5, 5.41) is 7.77. The molecule has 0 unspecified atom stereocenters. The van der Waals surface area contributed by atoms with Gasteiger partial charge in [-0.1, -0.05) is 23.7 Å². The highest BCUT2D eigenvalue weighted by Crippen LogP contribution is 1.96. The minimum absolute atomic E-state index is 0.239. The lowest BCUT2D eigenvalue weighted by atomic mass is 10.3. The monoisotopic (exact) mass is 215 g/mol. The molecule has 0 N–H and O–H groups in total. The van der Waals surface area contributed by atoms with E-state index in [1.54, 1.807) is 13.8 Å². The van der Waals surface area contributed by atoms with Gasteiger partial charge in [0, 0.05) is 6.54 Å². The van der Waals surface area contributed by atoms with Crippen LogP contribution in [-0.4, -0.2) is 30.2 Å². The predicted octanol–water partition coefficient (Wildman–Crippen LogP) is 2.16. The van der Waals surface area contributed by atoms with Crippen molar-refractivity contribution in [2.24, 2.45) is 10.3 Å². The van der Waals surface area contributed by atoms with Gasteiger partial charge in [0.2, 0.25) is 6.41 Å². The van der Waals surface area contributed by atoms with Crippen LogP contribution in [0.2, 0.25) is 0 Å². The van der Waals surface area contributed by atoms with Gasteiger partial charge in [0.05, 0.1) is 6.10 Å². The molecular weight excluding hydrogens is 198 g/mol. The van der Waals surface area contributed by atoms with E-state index in [0.29, 0.717) is 13.0 Å². The van der Waals surface area contributed by atoms with E-state index in [1.165, 1.54) is 0 Å². The summed E-state index contributed by atoms with van der Waals surface area (Å²) in [6, 6.07) is 0. The third kappa shape index (κ3) is 7.60. The van der Waals surface area contributed by atoms with E-state index in [9.17, 15) is 9.59 Å². The number of carbonyl (C=O) groups excluding carboxylic acids is 2. The molecule has 0 fully saturated rings. The van der Waals surface area contributed by atoms with Gasteiger partial charge in [-0.15, -0.1) is 0 Å². The van der Waals surface area contributed by atoms with Crippen LogP contribution in [0.3, 0.4) is 0 Å². The van der Waals surface area contributed by atoms with Crippen LogP contribution < -0.4 is 0 Å². The molecule has 86 valence electrons. The van der Waals surface area contributed by atoms with E-state index in [1.807, 2.05) is 6.92 Å². The summed E-state index contributed by atoms with van der Waals surface area (Å²) in [5.41, 5.74) is 0. The molecule has 0 aliphatic rings. The maximum absolute atomic E-state index is 10.9. The molecule has 0 rings (SSSR count). The van der Waals surface area contributed by atoms with E-state index in [-0.39, 0.29) is 6.10 Å². The van der Waals surface area contributed by atoms with E-state index in [4.69, 9.17) is 4.74 Å². The zero-order valence-electron chi connectivity index (χ0n) is 9.34. The van der Waals surface area contributed by atoms with Gasteiger partial charge in [-0.3, -0.25) is 4.79 Å². The Balaban J connectivity index is 3.98. The van der Waals surface area contributed by atoms with Gasteiger partial charge in [0.25, 0.3) is 0 Å². The average Bonchev–Trinajstić information content (AvgIpc) is 2.17. The molecule has 0 aliphatic carbocycles. The normalized spacial score (nSPS) is 10.7. The van der Waals surface area contributed by atoms with E-state index < -0.39 is 6.09 Å². The van der Waals surface area contributed by atoms with Gasteiger partial charge >= 0.3 is 6.09 Å². The van der Waals surface area contributed by atoms with Crippen LogP contribution in [0.25, 0.3) is 0 Å². The summed E-state index contributed by atoms with van der Waals surface area (Å²) in [6.07, 6.45) is 1.26. The molecule has 6 nitrogen and oxygen atoms in total. The maximum atomic E-state index is 10.9. The molecule has 15 heavy (non-hydrogen) atoms. The van der Waals surface area contributed by atoms with Crippen molar-refractivity contribution in [1.82, 2.24) is 5.01 Å². The predicted molar refractivity (Wildman–Crippen MR) is 54.2 cm³/mol. The fourth-order valence-corrected chi connectivity index (χ4v) is 0.758. The molecule has 0 aliphatic heterocycles. The quantitative estimate of drug-likeness (QED) is 0.387. The molecule has 0 bridgehead atoms. The Bertz CT molecular complexity index is 229. The number of ether oxygens (including phenoxy) is 1. The van der Waals surface area contributed by atoms with Crippen LogP contribution in [0.5, 0.6) is 0 Å². The third-order valence-corrected chi connectivity index (χ3v) is 1.44. The van der Waals surface area contributed by atoms with Crippen molar-refractivity contribution < 1.29 is 14.3 Å². The number of carbonyl (C=O) groups is 2. The summed E-state index contributed by atoms with van der Waals surface area (Å²) in [4.78, 5) is 21.4. The topological polar surface area (TPSA) is 71.3 Å². The van der Waals surface area contributed by atoms with Crippen LogP contribution >= 0.6 is 0 Å². The van der Waals surface area contributed by atoms with Crippen molar-refractivity contribution in [2.45, 2.75) is 39.7 Å². The zero-order chi connectivity index (χ0) is 11.7. The van der Waals surface area contributed by atoms with Crippen LogP contribution in [0.4, 0.5) is 4.79 Å². The number of rotatable bonds is 6. The van der Waals surface area contributed by atoms with Crippen LogP contribution in [0.1, 0.15) is 33.6 Å². The molecule has 0 aromatic rings. The van der Waals surface area contributed by atoms with Crippen LogP contribution in [0.15, 0.2) is 10.3 Å². The van der Waals surface area contributed by atoms with Crippen molar-refractivity contribution >= 4 is 12.5 Å². The Morgan fingerprint density at radius 1 is 1.53 bits per heavy atom. The fraction of sp³-hybridized carbons (Fsp3) is 0.778. The molecule has 0 spiro atoms. The average molecular weight is 215 g/mol. The van der Waals surface area contributed by atoms with Gasteiger partial charge in [-0.25, -0.2) is 9.80 Å². The lowest BCUT2D eigenvalue weighted by molar-refractivity contribution is -0.118. The number of hydrogen-bond donors (Lipinski definition) is 0. The lowest BCUT2D eigenvalue weighted by Gasteiger charge is -2.08. The summed E-state index contributed by atoms with van der Waals surface area (Å²) >= 11 is 0. The standard InChI is InChI=1S/C9H17N3O3/c1-4-5-6-12(7-13)11-10-9(14)15-8(2)3/h7-8H,4-6H2,1-3H3. The minimum atomic E-state index is -0.784. The summed E-state index contributed by atoms with van der Waals surface area (Å²) in [6.45, 7) is 5.87. The molecule has 0 aromatic heterocycles. The largest absolute Gasteiger partial charge is 0.454 e. The van der Waals surface area contributed by atoms with Gasteiger partial charge in [0.15, 0.2) is 0 Å². The number of unbranched alkanes of at least 4 members (excludes halogenated alkanes) is 1. The molecule has 6 heteroatoms. The Morgan fingerprint density at radius 2 is 2.20 bits per heavy atom. The molecule has 0 radical (unpaired) electrons. The molecule has 0 saturated heterocycles. The van der Waals surface area contributed by atoms with Gasteiger partial charge in [-0.05, 0) is 20.3 Å². The van der Waals surface area contributed by atoms with Crippen molar-refractivity contribution in [1.29, 1.82) is 0 Å². The first-order valence-corrected chi connectivity index (χ1v) is 4.94. The molecule has 0 aromatic carbocycles. The van der Waals surface area contributed by atoms with Gasteiger partial charge in [-0.2, -0.15) is 0 Å². The second kappa shape index (κ2) is 7.90. The molecule has 0 saturated carbocycles. The molecule has 0 atom stereocenters. The summed E-state index contributed by atoms with van der Waals surface area (Å²) in [7, 11) is 0. The minimum Gasteiger partial charge on any atom is -0.444 e. The van der Waals surface area contributed by atoms with Crippen molar-refractivity contribution in [3.8, 4) is 0 Å². The number of amides is 2. The van der Waals surface area contributed by atoms with Crippen LogP contribution in [0, 0.1) is 0 Å². The zero-order valence-corrected chi connectivity index (χ0v) is 9.34. The Kier molecular flexibility index (Phi) is 7.13. The Labute approximate surface area is 89.3 Å². The third-order valence-electron chi connectivity index (χ3n) is 1.44. The van der Waals surface area contributed by atoms with Crippen molar-refractivity contribution in [3.05, 3.63) is 0 Å². The first-order chi connectivity index (χ1) is 7.10. The second-order valence-corrected chi connectivity index (χ2v) is 3.24. The maximum Gasteiger partial charge on any atom is 0.454 e. The van der Waals surface area contributed by atoms with E-state index in [0.717, 1.165) is 17.9 Å². The first-order valence-electron chi connectivity index (χ1n) is 4.94. The molecular formula is C9H17N3O3. The van der Waals surface area contributed by atoms with Gasteiger partial charge < -0.3 is 4.74 Å². The number of nitrogens with zero attached hydrogens (tertiary/aromatic N) is 3. The Hall–Kier alpha value is -1.46. The Morgan fingerprint density at radius 3 is 2.67 bits per heavy atom. The van der Waals surface area contributed by atoms with Crippen molar-refractivity contribution in [3.63, 3.8) is 0 Å². The fourth-order valence-electron chi connectivity index (χ4n) is 0.758. The summed E-state index contributed by atoms with van der Waals surface area (Å²) < 4.78 is 4.71. The van der Waals surface area contributed by atoms with Gasteiger partial charge in [0.1, 0.15) is 0 Å². The summed E-state index contributed by atoms with van der Waals surface area (Å²) in [5.74, 6) is 0. The molecule has 2 amide bonds. The highest BCUT2D eigenvalue weighted by molar-refractivity contribution is 5.67. The van der Waals surface area contributed by atoms with Crippen molar-refractivity contribution in [2.75, 3.05) is 6.54 Å². The second-order valence-electron chi connectivity index (χ2n) is 3.24. The molecule has 0 heterocycles. The highest BCUT2D eigenvalue weighted by Gasteiger charge is 2.04. The SMILES string of the molecule is CCCCN(C=O)N=NC(=O)OC(C)C. The van der Waals surface area contributed by atoms with E-state index >= 15 is 0 Å². The first kappa shape index (κ1) is 13.5. The highest BCUT2D eigenvalue weighted by atomic mass is 16.6.